The van der Waals surface area contributed by atoms with Crippen LogP contribution in [0.4, 0.5) is 13.2 Å². The van der Waals surface area contributed by atoms with Gasteiger partial charge in [0.1, 0.15) is 0 Å². The zero-order chi connectivity index (χ0) is 11.8. The smallest absolute Gasteiger partial charge is 0.327 e. The predicted octanol–water partition coefficient (Wildman–Crippen LogP) is 2.99. The van der Waals surface area contributed by atoms with E-state index in [2.05, 4.69) is 0 Å². The fraction of sp³-hybridized carbons (Fsp3) is 0.500. The molecule has 1 atom stereocenters. The second-order valence-electron chi connectivity index (χ2n) is 4.40. The quantitative estimate of drug-likeness (QED) is 0.847. The van der Waals surface area contributed by atoms with E-state index in [1.54, 1.807) is 6.07 Å². The number of nitrogens with two attached hydrogens (primary N) is 1. The Morgan fingerprint density at radius 3 is 2.56 bits per heavy atom. The highest BCUT2D eigenvalue weighted by Gasteiger charge is 2.31. The van der Waals surface area contributed by atoms with Crippen molar-refractivity contribution in [3.8, 4) is 0 Å². The summed E-state index contributed by atoms with van der Waals surface area (Å²) in [4.78, 5) is 0. The van der Waals surface area contributed by atoms with Crippen molar-refractivity contribution in [2.45, 2.75) is 31.5 Å². The first kappa shape index (κ1) is 11.5. The molecule has 1 aromatic rings. The van der Waals surface area contributed by atoms with Crippen LogP contribution in [0, 0.1) is 5.92 Å². The number of hydrogen-bond acceptors (Lipinski definition) is 1. The minimum Gasteiger partial charge on any atom is -0.327 e. The second kappa shape index (κ2) is 4.09. The van der Waals surface area contributed by atoms with Crippen molar-refractivity contribution in [3.05, 3.63) is 35.4 Å². The van der Waals surface area contributed by atoms with Crippen molar-refractivity contribution in [3.63, 3.8) is 0 Å². The molecule has 0 radical (unpaired) electrons. The summed E-state index contributed by atoms with van der Waals surface area (Å²) in [5, 5.41) is 0. The van der Waals surface area contributed by atoms with Gasteiger partial charge in [0, 0.05) is 6.04 Å². The summed E-state index contributed by atoms with van der Waals surface area (Å²) >= 11 is 0. The molecule has 1 aliphatic rings. The minimum absolute atomic E-state index is 0.00323. The summed E-state index contributed by atoms with van der Waals surface area (Å²) in [5.74, 6) is 0.509. The molecule has 0 spiro atoms. The third kappa shape index (κ3) is 2.76. The summed E-state index contributed by atoms with van der Waals surface area (Å²) in [6.45, 7) is 0. The molecule has 1 fully saturated rings. The molecular weight excluding hydrogens is 215 g/mol. The van der Waals surface area contributed by atoms with Gasteiger partial charge >= 0.3 is 6.18 Å². The molecule has 1 aliphatic carbocycles. The Morgan fingerprint density at radius 2 is 2.00 bits per heavy atom. The highest BCUT2D eigenvalue weighted by atomic mass is 19.4. The fourth-order valence-electron chi connectivity index (χ4n) is 1.84. The first-order chi connectivity index (χ1) is 7.47. The van der Waals surface area contributed by atoms with Gasteiger partial charge in [0.05, 0.1) is 5.56 Å². The van der Waals surface area contributed by atoms with Crippen LogP contribution in [0.1, 0.15) is 24.0 Å². The van der Waals surface area contributed by atoms with Crippen LogP contribution >= 0.6 is 0 Å². The van der Waals surface area contributed by atoms with Gasteiger partial charge in [-0.15, -0.1) is 0 Å². The lowest BCUT2D eigenvalue weighted by molar-refractivity contribution is -0.137. The monoisotopic (exact) mass is 229 g/mol. The number of rotatable bonds is 3. The van der Waals surface area contributed by atoms with Crippen LogP contribution in [-0.2, 0) is 12.6 Å². The molecule has 0 heterocycles. The van der Waals surface area contributed by atoms with E-state index in [-0.39, 0.29) is 6.04 Å². The number of benzene rings is 1. The van der Waals surface area contributed by atoms with E-state index >= 15 is 0 Å². The Labute approximate surface area is 92.5 Å². The van der Waals surface area contributed by atoms with Gasteiger partial charge in [0.15, 0.2) is 0 Å². The highest BCUT2D eigenvalue weighted by Crippen LogP contribution is 2.34. The molecule has 1 saturated carbocycles. The topological polar surface area (TPSA) is 26.0 Å². The molecule has 0 bridgehead atoms. The Balaban J connectivity index is 2.09. The molecule has 0 saturated heterocycles. The molecule has 0 aliphatic heterocycles. The summed E-state index contributed by atoms with van der Waals surface area (Å²) in [6.07, 6.45) is -1.51. The third-order valence-electron chi connectivity index (χ3n) is 2.95. The van der Waals surface area contributed by atoms with Crippen LogP contribution < -0.4 is 5.73 Å². The molecule has 16 heavy (non-hydrogen) atoms. The lowest BCUT2D eigenvalue weighted by atomic mass is 10.0. The summed E-state index contributed by atoms with van der Waals surface area (Å²) < 4.78 is 37.3. The van der Waals surface area contributed by atoms with E-state index in [1.807, 2.05) is 0 Å². The van der Waals surface area contributed by atoms with Gasteiger partial charge in [-0.25, -0.2) is 0 Å². The molecule has 88 valence electrons. The standard InChI is InChI=1S/C12H14F3N/c13-12(14,15)10-3-1-2-8(6-10)7-11(16)9-4-5-9/h1-3,6,9,11H,4-5,7,16H2. The molecule has 1 unspecified atom stereocenters. The van der Waals surface area contributed by atoms with E-state index in [4.69, 9.17) is 5.73 Å². The van der Waals surface area contributed by atoms with Gasteiger partial charge in [-0.05, 0) is 36.8 Å². The van der Waals surface area contributed by atoms with E-state index in [1.165, 1.54) is 12.1 Å². The van der Waals surface area contributed by atoms with Crippen molar-refractivity contribution in [1.29, 1.82) is 0 Å². The van der Waals surface area contributed by atoms with Crippen LogP contribution in [0.2, 0.25) is 0 Å². The van der Waals surface area contributed by atoms with Crippen molar-refractivity contribution in [2.75, 3.05) is 0 Å². The maximum absolute atomic E-state index is 12.4. The summed E-state index contributed by atoms with van der Waals surface area (Å²) in [5.41, 5.74) is 5.97. The number of alkyl halides is 3. The molecule has 0 amide bonds. The maximum Gasteiger partial charge on any atom is 0.416 e. The summed E-state index contributed by atoms with van der Waals surface area (Å²) in [7, 11) is 0. The average molecular weight is 229 g/mol. The lowest BCUT2D eigenvalue weighted by Gasteiger charge is -2.12. The molecular formula is C12H14F3N. The van der Waals surface area contributed by atoms with Crippen molar-refractivity contribution < 1.29 is 13.2 Å². The minimum atomic E-state index is -4.26. The van der Waals surface area contributed by atoms with Crippen LogP contribution in [0.15, 0.2) is 24.3 Å². The van der Waals surface area contributed by atoms with Gasteiger partial charge in [0.25, 0.3) is 0 Å². The Kier molecular flexibility index (Phi) is 2.93. The Morgan fingerprint density at radius 1 is 1.31 bits per heavy atom. The van der Waals surface area contributed by atoms with Crippen LogP contribution in [-0.4, -0.2) is 6.04 Å². The van der Waals surface area contributed by atoms with Gasteiger partial charge in [-0.3, -0.25) is 0 Å². The maximum atomic E-state index is 12.4. The lowest BCUT2D eigenvalue weighted by Crippen LogP contribution is -2.25. The highest BCUT2D eigenvalue weighted by molar-refractivity contribution is 5.26. The van der Waals surface area contributed by atoms with Gasteiger partial charge in [0.2, 0.25) is 0 Å². The molecule has 1 aromatic carbocycles. The van der Waals surface area contributed by atoms with Crippen LogP contribution in [0.25, 0.3) is 0 Å². The molecule has 2 N–H and O–H groups in total. The van der Waals surface area contributed by atoms with Crippen LogP contribution in [0.5, 0.6) is 0 Å². The largest absolute Gasteiger partial charge is 0.416 e. The normalized spacial score (nSPS) is 18.5. The Bertz CT molecular complexity index is 369. The number of halogens is 3. The first-order valence-electron chi connectivity index (χ1n) is 5.38. The van der Waals surface area contributed by atoms with E-state index in [0.29, 0.717) is 17.9 Å². The zero-order valence-electron chi connectivity index (χ0n) is 8.80. The molecule has 2 rings (SSSR count). The molecule has 1 nitrogen and oxygen atoms in total. The zero-order valence-corrected chi connectivity index (χ0v) is 8.80. The van der Waals surface area contributed by atoms with Crippen molar-refractivity contribution in [1.82, 2.24) is 0 Å². The van der Waals surface area contributed by atoms with E-state index in [0.717, 1.165) is 18.9 Å². The van der Waals surface area contributed by atoms with Crippen LogP contribution in [0.3, 0.4) is 0 Å². The molecule has 4 heteroatoms. The Hall–Kier alpha value is -1.03. The van der Waals surface area contributed by atoms with E-state index in [9.17, 15) is 13.2 Å². The van der Waals surface area contributed by atoms with Gasteiger partial charge in [-0.2, -0.15) is 13.2 Å². The summed E-state index contributed by atoms with van der Waals surface area (Å²) in [6, 6.07) is 5.44. The van der Waals surface area contributed by atoms with Gasteiger partial charge < -0.3 is 5.73 Å². The predicted molar refractivity (Wildman–Crippen MR) is 55.8 cm³/mol. The second-order valence-corrected chi connectivity index (χ2v) is 4.40. The average Bonchev–Trinajstić information content (AvgIpc) is 2.99. The first-order valence-corrected chi connectivity index (χ1v) is 5.38. The van der Waals surface area contributed by atoms with E-state index < -0.39 is 11.7 Å². The van der Waals surface area contributed by atoms with Crippen molar-refractivity contribution in [2.24, 2.45) is 11.7 Å². The molecule has 0 aromatic heterocycles. The number of hydrogen-bond donors (Lipinski definition) is 1. The SMILES string of the molecule is NC(Cc1cccc(C(F)(F)F)c1)C1CC1. The van der Waals surface area contributed by atoms with Gasteiger partial charge in [-0.1, -0.05) is 18.2 Å². The fourth-order valence-corrected chi connectivity index (χ4v) is 1.84. The van der Waals surface area contributed by atoms with Crippen molar-refractivity contribution >= 4 is 0 Å². The third-order valence-corrected chi connectivity index (χ3v) is 2.95.